The van der Waals surface area contributed by atoms with E-state index in [4.69, 9.17) is 4.74 Å². The molecule has 0 bridgehead atoms. The van der Waals surface area contributed by atoms with E-state index in [9.17, 15) is 9.18 Å². The van der Waals surface area contributed by atoms with Crippen LogP contribution in [0.1, 0.15) is 33.6 Å². The van der Waals surface area contributed by atoms with Crippen molar-refractivity contribution in [2.24, 2.45) is 5.92 Å². The number of ether oxygens (including phenoxy) is 1. The summed E-state index contributed by atoms with van der Waals surface area (Å²) in [5.74, 6) is 0.807. The van der Waals surface area contributed by atoms with Gasteiger partial charge in [0.15, 0.2) is 0 Å². The van der Waals surface area contributed by atoms with Crippen molar-refractivity contribution in [3.63, 3.8) is 0 Å². The van der Waals surface area contributed by atoms with Gasteiger partial charge in [-0.15, -0.1) is 11.3 Å². The van der Waals surface area contributed by atoms with E-state index < -0.39 is 0 Å². The Morgan fingerprint density at radius 3 is 2.55 bits per heavy atom. The van der Waals surface area contributed by atoms with Crippen molar-refractivity contribution in [1.29, 1.82) is 0 Å². The zero-order valence-electron chi connectivity index (χ0n) is 19.2. The van der Waals surface area contributed by atoms with Crippen molar-refractivity contribution in [2.45, 2.75) is 31.8 Å². The number of methoxy groups -OCH3 is 1. The Morgan fingerprint density at radius 2 is 1.91 bits per heavy atom. The van der Waals surface area contributed by atoms with Crippen LogP contribution in [0.25, 0.3) is 0 Å². The van der Waals surface area contributed by atoms with E-state index in [1.807, 2.05) is 47.7 Å². The molecule has 1 aromatic heterocycles. The first-order chi connectivity index (χ1) is 16.0. The van der Waals surface area contributed by atoms with Crippen LogP contribution in [0, 0.1) is 11.7 Å². The van der Waals surface area contributed by atoms with Crippen LogP contribution in [0.2, 0.25) is 0 Å². The van der Waals surface area contributed by atoms with E-state index in [2.05, 4.69) is 29.2 Å². The molecule has 0 aliphatic carbocycles. The predicted octanol–water partition coefficient (Wildman–Crippen LogP) is 5.49. The maximum Gasteiger partial charge on any atom is 0.263 e. The van der Waals surface area contributed by atoms with Crippen LogP contribution >= 0.6 is 11.3 Å². The molecule has 1 saturated heterocycles. The number of carbonyl (C=O) groups is 1. The highest BCUT2D eigenvalue weighted by molar-refractivity contribution is 7.12. The summed E-state index contributed by atoms with van der Waals surface area (Å²) in [6.07, 6.45) is 2.81. The molecule has 6 heteroatoms. The minimum atomic E-state index is -0.222. The molecule has 4 rings (SSSR count). The molecular formula is C27H31FN2O2S. The minimum Gasteiger partial charge on any atom is -0.497 e. The van der Waals surface area contributed by atoms with Gasteiger partial charge in [0.05, 0.1) is 12.0 Å². The van der Waals surface area contributed by atoms with Gasteiger partial charge in [0.25, 0.3) is 5.91 Å². The largest absolute Gasteiger partial charge is 0.497 e. The van der Waals surface area contributed by atoms with Gasteiger partial charge in [0.1, 0.15) is 11.6 Å². The monoisotopic (exact) mass is 466 g/mol. The number of hydrogen-bond acceptors (Lipinski definition) is 4. The van der Waals surface area contributed by atoms with Crippen molar-refractivity contribution in [3.8, 4) is 5.75 Å². The quantitative estimate of drug-likeness (QED) is 0.440. The topological polar surface area (TPSA) is 32.8 Å². The van der Waals surface area contributed by atoms with Crippen molar-refractivity contribution in [2.75, 3.05) is 27.2 Å². The molecule has 1 atom stereocenters. The summed E-state index contributed by atoms with van der Waals surface area (Å²) in [6, 6.07) is 19.4. The zero-order chi connectivity index (χ0) is 23.2. The van der Waals surface area contributed by atoms with Gasteiger partial charge in [-0.1, -0.05) is 42.5 Å². The number of likely N-dealkylation sites (N-methyl/N-ethyl adjacent to an activating group) is 1. The average Bonchev–Trinajstić information content (AvgIpc) is 3.39. The Morgan fingerprint density at radius 1 is 1.15 bits per heavy atom. The summed E-state index contributed by atoms with van der Waals surface area (Å²) in [5.41, 5.74) is 1.94. The molecule has 1 fully saturated rings. The normalized spacial score (nSPS) is 15.8. The molecule has 0 radical (unpaired) electrons. The molecule has 174 valence electrons. The van der Waals surface area contributed by atoms with E-state index in [-0.39, 0.29) is 17.8 Å². The molecule has 4 nitrogen and oxygen atoms in total. The molecule has 3 aromatic rings. The number of carbonyl (C=O) groups excluding carboxylic acids is 1. The summed E-state index contributed by atoms with van der Waals surface area (Å²) in [4.78, 5) is 18.2. The maximum atomic E-state index is 14.4. The average molecular weight is 467 g/mol. The number of hydrogen-bond donors (Lipinski definition) is 0. The number of thiophene rings is 1. The maximum absolute atomic E-state index is 14.4. The van der Waals surface area contributed by atoms with Crippen LogP contribution in [0.15, 0.2) is 66.0 Å². The fraction of sp³-hybridized carbons (Fsp3) is 0.370. The minimum absolute atomic E-state index is 0.0914. The van der Waals surface area contributed by atoms with Crippen LogP contribution in [0.3, 0.4) is 0 Å². The first-order valence-electron chi connectivity index (χ1n) is 11.4. The second-order valence-electron chi connectivity index (χ2n) is 8.72. The highest BCUT2D eigenvalue weighted by Crippen LogP contribution is 2.29. The van der Waals surface area contributed by atoms with E-state index in [1.165, 1.54) is 23.0 Å². The summed E-state index contributed by atoms with van der Waals surface area (Å²) >= 11 is 1.49. The highest BCUT2D eigenvalue weighted by atomic mass is 32.1. The number of nitrogens with zero attached hydrogens (tertiary/aromatic N) is 2. The van der Waals surface area contributed by atoms with Crippen LogP contribution < -0.4 is 4.74 Å². The Hall–Kier alpha value is -2.70. The Bertz CT molecular complexity index is 1030. The molecule has 0 saturated carbocycles. The molecule has 2 aromatic carbocycles. The first kappa shape index (κ1) is 23.5. The van der Waals surface area contributed by atoms with Crippen molar-refractivity contribution in [1.82, 2.24) is 9.80 Å². The predicted molar refractivity (Wildman–Crippen MR) is 131 cm³/mol. The van der Waals surface area contributed by atoms with Crippen LogP contribution in [-0.2, 0) is 13.0 Å². The molecule has 2 heterocycles. The summed E-state index contributed by atoms with van der Waals surface area (Å²) in [5, 5.41) is 1.95. The second-order valence-corrected chi connectivity index (χ2v) is 9.67. The molecule has 1 aliphatic rings. The number of likely N-dealkylation sites (tertiary alicyclic amines) is 1. The number of piperidine rings is 1. The van der Waals surface area contributed by atoms with Crippen LogP contribution in [0.4, 0.5) is 4.39 Å². The van der Waals surface area contributed by atoms with Gasteiger partial charge in [0.2, 0.25) is 0 Å². The van der Waals surface area contributed by atoms with E-state index in [1.54, 1.807) is 7.11 Å². The molecule has 1 unspecified atom stereocenters. The standard InChI is InChI=1S/C27H31FN2O2S/c1-29(27(31)26-9-6-16-33-26)25(17-20-7-4-3-5-8-20)21-12-14-30(15-13-21)19-22-10-11-23(32-2)18-24(22)28/h3-11,16,18,21,25H,12-15,17,19H2,1-2H3. The Balaban J connectivity index is 1.44. The SMILES string of the molecule is COc1ccc(CN2CCC(C(Cc3ccccc3)N(C)C(=O)c3cccs3)CC2)c(F)c1. The summed E-state index contributed by atoms with van der Waals surface area (Å²) in [6.45, 7) is 2.38. The molecule has 1 aliphatic heterocycles. The van der Waals surface area contributed by atoms with Gasteiger partial charge in [-0.25, -0.2) is 4.39 Å². The van der Waals surface area contributed by atoms with E-state index in [0.717, 1.165) is 37.2 Å². The van der Waals surface area contributed by atoms with Crippen LogP contribution in [0.5, 0.6) is 5.75 Å². The molecule has 1 amide bonds. The number of amides is 1. The lowest BCUT2D eigenvalue weighted by Crippen LogP contribution is -2.47. The fourth-order valence-electron chi connectivity index (χ4n) is 4.72. The fourth-order valence-corrected chi connectivity index (χ4v) is 5.43. The first-order valence-corrected chi connectivity index (χ1v) is 12.3. The summed E-state index contributed by atoms with van der Waals surface area (Å²) in [7, 11) is 3.49. The summed E-state index contributed by atoms with van der Waals surface area (Å²) < 4.78 is 19.5. The molecule has 0 spiro atoms. The third-order valence-electron chi connectivity index (χ3n) is 6.67. The van der Waals surface area contributed by atoms with E-state index in [0.29, 0.717) is 23.8 Å². The smallest absolute Gasteiger partial charge is 0.263 e. The third kappa shape index (κ3) is 5.81. The lowest BCUT2D eigenvalue weighted by Gasteiger charge is -2.40. The highest BCUT2D eigenvalue weighted by Gasteiger charge is 2.32. The molecular weight excluding hydrogens is 435 g/mol. The number of rotatable bonds is 8. The van der Waals surface area contributed by atoms with Gasteiger partial charge < -0.3 is 9.64 Å². The molecule has 0 N–H and O–H groups in total. The van der Waals surface area contributed by atoms with Gasteiger partial charge in [0, 0.05) is 31.3 Å². The number of halogens is 1. The van der Waals surface area contributed by atoms with Crippen LogP contribution in [-0.4, -0.2) is 49.0 Å². The van der Waals surface area contributed by atoms with E-state index >= 15 is 0 Å². The lowest BCUT2D eigenvalue weighted by molar-refractivity contribution is 0.0588. The zero-order valence-corrected chi connectivity index (χ0v) is 20.1. The van der Waals surface area contributed by atoms with Gasteiger partial charge in [-0.05, 0) is 61.3 Å². The Labute approximate surface area is 199 Å². The van der Waals surface area contributed by atoms with Gasteiger partial charge >= 0.3 is 0 Å². The van der Waals surface area contributed by atoms with Crippen molar-refractivity contribution >= 4 is 17.2 Å². The number of benzene rings is 2. The Kier molecular flexibility index (Phi) is 7.78. The van der Waals surface area contributed by atoms with Crippen molar-refractivity contribution < 1.29 is 13.9 Å². The van der Waals surface area contributed by atoms with Gasteiger partial charge in [-0.2, -0.15) is 0 Å². The molecule has 33 heavy (non-hydrogen) atoms. The lowest BCUT2D eigenvalue weighted by atomic mass is 9.84. The van der Waals surface area contributed by atoms with Crippen molar-refractivity contribution in [3.05, 3.63) is 87.9 Å². The van der Waals surface area contributed by atoms with Gasteiger partial charge in [-0.3, -0.25) is 9.69 Å². The second kappa shape index (κ2) is 10.9. The third-order valence-corrected chi connectivity index (χ3v) is 7.53.